The number of rotatable bonds is 4. The minimum Gasteiger partial charge on any atom is -0.364 e. The van der Waals surface area contributed by atoms with E-state index in [1.807, 2.05) is 0 Å². The zero-order chi connectivity index (χ0) is 24.3. The summed E-state index contributed by atoms with van der Waals surface area (Å²) in [6, 6.07) is 20.6. The molecule has 170 valence electrons. The standard InChI is InChI=1S/C25H17Cl2FN4O2/c26-25(27)18-9-5-4-8-17(18)21-19(24(25,30)22(33)14-6-2-1-3-7-14)20(23(29)34)31-32(21)16-12-10-15(28)11-13-16/h1-13H,30H2,(H2,29,34). The Morgan fingerprint density at radius 1 is 0.912 bits per heavy atom. The highest BCUT2D eigenvalue weighted by Gasteiger charge is 2.61. The van der Waals surface area contributed by atoms with Crippen LogP contribution in [0.1, 0.15) is 32.0 Å². The maximum atomic E-state index is 13.9. The molecule has 0 aliphatic heterocycles. The van der Waals surface area contributed by atoms with Crippen molar-refractivity contribution in [2.45, 2.75) is 9.87 Å². The van der Waals surface area contributed by atoms with Crippen molar-refractivity contribution in [3.05, 3.63) is 107 Å². The topological polar surface area (TPSA) is 104 Å². The van der Waals surface area contributed by atoms with Crippen molar-refractivity contribution in [3.63, 3.8) is 0 Å². The third-order valence-corrected chi connectivity index (χ3v) is 7.00. The first kappa shape index (κ1) is 22.3. The molecule has 6 nitrogen and oxygen atoms in total. The number of hydrogen-bond donors (Lipinski definition) is 2. The van der Waals surface area contributed by atoms with E-state index in [0.717, 1.165) is 0 Å². The third kappa shape index (κ3) is 3.01. The number of hydrogen-bond acceptors (Lipinski definition) is 4. The fraction of sp³-hybridized carbons (Fsp3) is 0.0800. The number of alkyl halides is 2. The number of primary amides is 1. The van der Waals surface area contributed by atoms with Crippen LogP contribution in [0.3, 0.4) is 0 Å². The molecule has 1 aliphatic carbocycles. The Kier molecular flexibility index (Phi) is 5.09. The van der Waals surface area contributed by atoms with Gasteiger partial charge in [-0.05, 0) is 29.8 Å². The molecule has 1 atom stereocenters. The summed E-state index contributed by atoms with van der Waals surface area (Å²) in [6.45, 7) is 0. The van der Waals surface area contributed by atoms with Crippen molar-refractivity contribution in [2.75, 3.05) is 0 Å². The van der Waals surface area contributed by atoms with E-state index in [-0.39, 0.29) is 16.8 Å². The second-order valence-corrected chi connectivity index (χ2v) is 9.28. The molecule has 34 heavy (non-hydrogen) atoms. The first-order valence-electron chi connectivity index (χ1n) is 10.2. The highest BCUT2D eigenvalue weighted by molar-refractivity contribution is 6.51. The summed E-state index contributed by atoms with van der Waals surface area (Å²) in [5.41, 5.74) is 12.0. The molecule has 1 heterocycles. The van der Waals surface area contributed by atoms with Crippen LogP contribution in [0.4, 0.5) is 4.39 Å². The predicted molar refractivity (Wildman–Crippen MR) is 127 cm³/mol. The summed E-state index contributed by atoms with van der Waals surface area (Å²) in [5, 5.41) is 4.40. The number of ketones is 1. The fourth-order valence-corrected chi connectivity index (χ4v) is 5.08. The number of Topliss-reactive ketones (excluding diaryl/α,β-unsaturated/α-hetero) is 1. The lowest BCUT2D eigenvalue weighted by molar-refractivity contribution is 0.0866. The summed E-state index contributed by atoms with van der Waals surface area (Å²) in [7, 11) is 0. The molecule has 0 spiro atoms. The molecule has 1 amide bonds. The van der Waals surface area contributed by atoms with Gasteiger partial charge in [-0.2, -0.15) is 5.10 Å². The predicted octanol–water partition coefficient (Wildman–Crippen LogP) is 4.46. The van der Waals surface area contributed by atoms with E-state index in [2.05, 4.69) is 5.10 Å². The lowest BCUT2D eigenvalue weighted by atomic mass is 9.71. The maximum absolute atomic E-state index is 13.9. The molecule has 5 rings (SSSR count). The van der Waals surface area contributed by atoms with Gasteiger partial charge in [0.2, 0.25) is 0 Å². The van der Waals surface area contributed by atoms with Gasteiger partial charge in [-0.1, -0.05) is 77.8 Å². The Morgan fingerprint density at radius 2 is 1.53 bits per heavy atom. The van der Waals surface area contributed by atoms with E-state index < -0.39 is 27.4 Å². The lowest BCUT2D eigenvalue weighted by Gasteiger charge is -2.43. The highest BCUT2D eigenvalue weighted by atomic mass is 35.5. The molecule has 0 saturated heterocycles. The largest absolute Gasteiger partial charge is 0.364 e. The van der Waals surface area contributed by atoms with Crippen LogP contribution < -0.4 is 11.5 Å². The number of halogens is 3. The maximum Gasteiger partial charge on any atom is 0.269 e. The van der Waals surface area contributed by atoms with E-state index >= 15 is 0 Å². The molecule has 3 aromatic carbocycles. The van der Waals surface area contributed by atoms with Gasteiger partial charge in [0.05, 0.1) is 11.4 Å². The summed E-state index contributed by atoms with van der Waals surface area (Å²) < 4.78 is 13.0. The van der Waals surface area contributed by atoms with Gasteiger partial charge in [0.1, 0.15) is 11.4 Å². The van der Waals surface area contributed by atoms with Crippen LogP contribution in [0.5, 0.6) is 0 Å². The monoisotopic (exact) mass is 494 g/mol. The Hall–Kier alpha value is -3.52. The minimum absolute atomic E-state index is 0.00174. The number of fused-ring (bicyclic) bond motifs is 3. The summed E-state index contributed by atoms with van der Waals surface area (Å²) >= 11 is 13.8. The molecule has 1 aromatic heterocycles. The number of benzene rings is 3. The Bertz CT molecular complexity index is 1450. The van der Waals surface area contributed by atoms with Gasteiger partial charge in [-0.15, -0.1) is 0 Å². The number of aromatic nitrogens is 2. The van der Waals surface area contributed by atoms with E-state index in [9.17, 15) is 14.0 Å². The van der Waals surface area contributed by atoms with Crippen LogP contribution in [0.2, 0.25) is 0 Å². The zero-order valence-electron chi connectivity index (χ0n) is 17.5. The SMILES string of the molecule is NC(=O)c1nn(-c2ccc(F)cc2)c2c1C(N)(C(=O)c1ccccc1)C(Cl)(Cl)c1ccccc1-2. The molecule has 9 heteroatoms. The van der Waals surface area contributed by atoms with Crippen LogP contribution in [0.15, 0.2) is 78.9 Å². The first-order valence-corrected chi connectivity index (χ1v) is 11.0. The molecule has 0 saturated carbocycles. The summed E-state index contributed by atoms with van der Waals surface area (Å²) in [6.07, 6.45) is 0. The van der Waals surface area contributed by atoms with Crippen LogP contribution in [-0.2, 0) is 9.87 Å². The van der Waals surface area contributed by atoms with Crippen molar-refractivity contribution in [1.29, 1.82) is 0 Å². The Morgan fingerprint density at radius 3 is 2.18 bits per heavy atom. The average Bonchev–Trinajstić information content (AvgIpc) is 3.25. The Labute approximate surface area is 203 Å². The molecule has 1 unspecified atom stereocenters. The van der Waals surface area contributed by atoms with Crippen LogP contribution in [0.25, 0.3) is 16.9 Å². The van der Waals surface area contributed by atoms with Gasteiger partial charge < -0.3 is 11.5 Å². The molecule has 0 fully saturated rings. The number of carbonyl (C=O) groups excluding carboxylic acids is 2. The lowest BCUT2D eigenvalue weighted by Crippen LogP contribution is -2.58. The van der Waals surface area contributed by atoms with Crippen LogP contribution in [0, 0.1) is 5.82 Å². The van der Waals surface area contributed by atoms with Gasteiger partial charge in [-0.3, -0.25) is 9.59 Å². The normalized spacial score (nSPS) is 18.1. The smallest absolute Gasteiger partial charge is 0.269 e. The molecule has 4 aromatic rings. The molecule has 0 radical (unpaired) electrons. The molecule has 1 aliphatic rings. The second-order valence-electron chi connectivity index (χ2n) is 7.95. The average molecular weight is 495 g/mol. The fourth-order valence-electron chi connectivity index (χ4n) is 4.39. The van der Waals surface area contributed by atoms with E-state index in [1.54, 1.807) is 54.6 Å². The number of carbonyl (C=O) groups is 2. The van der Waals surface area contributed by atoms with Crippen molar-refractivity contribution < 1.29 is 14.0 Å². The first-order chi connectivity index (χ1) is 16.2. The highest BCUT2D eigenvalue weighted by Crippen LogP contribution is 2.58. The van der Waals surface area contributed by atoms with E-state index in [1.165, 1.54) is 28.9 Å². The van der Waals surface area contributed by atoms with Crippen molar-refractivity contribution in [3.8, 4) is 16.9 Å². The Balaban J connectivity index is 1.92. The van der Waals surface area contributed by atoms with E-state index in [4.69, 9.17) is 34.7 Å². The number of nitrogens with zero attached hydrogens (tertiary/aromatic N) is 2. The quantitative estimate of drug-likeness (QED) is 0.322. The van der Waals surface area contributed by atoms with Gasteiger partial charge in [0.15, 0.2) is 15.8 Å². The van der Waals surface area contributed by atoms with E-state index in [0.29, 0.717) is 22.5 Å². The second kappa shape index (κ2) is 7.77. The van der Waals surface area contributed by atoms with Gasteiger partial charge in [0, 0.05) is 16.7 Å². The number of nitrogens with two attached hydrogens (primary N) is 2. The minimum atomic E-state index is -2.14. The molecule has 4 N–H and O–H groups in total. The third-order valence-electron chi connectivity index (χ3n) is 5.99. The molecular weight excluding hydrogens is 478 g/mol. The summed E-state index contributed by atoms with van der Waals surface area (Å²) in [5.74, 6) is -1.99. The van der Waals surface area contributed by atoms with Crippen molar-refractivity contribution in [1.82, 2.24) is 9.78 Å². The zero-order valence-corrected chi connectivity index (χ0v) is 19.0. The van der Waals surface area contributed by atoms with Crippen molar-refractivity contribution in [2.24, 2.45) is 11.5 Å². The van der Waals surface area contributed by atoms with Gasteiger partial charge in [-0.25, -0.2) is 9.07 Å². The van der Waals surface area contributed by atoms with Crippen LogP contribution in [-0.4, -0.2) is 21.5 Å². The summed E-state index contributed by atoms with van der Waals surface area (Å²) in [4.78, 5) is 26.5. The van der Waals surface area contributed by atoms with Gasteiger partial charge >= 0.3 is 0 Å². The van der Waals surface area contributed by atoms with Crippen molar-refractivity contribution >= 4 is 34.9 Å². The van der Waals surface area contributed by atoms with Crippen LogP contribution >= 0.6 is 23.2 Å². The molecule has 0 bridgehead atoms. The molecular formula is C25H17Cl2FN4O2. The van der Waals surface area contributed by atoms with Gasteiger partial charge in [0.25, 0.3) is 5.91 Å². The number of amides is 1.